The van der Waals surface area contributed by atoms with Gasteiger partial charge in [0.25, 0.3) is 0 Å². The lowest BCUT2D eigenvalue weighted by Crippen LogP contribution is -2.65. The highest BCUT2D eigenvalue weighted by Crippen LogP contribution is 2.72. The van der Waals surface area contributed by atoms with Crippen LogP contribution in [0.5, 0.6) is 0 Å². The summed E-state index contributed by atoms with van der Waals surface area (Å²) in [6.45, 7) is 11.6. The number of ketones is 2. The Bertz CT molecular complexity index is 1030. The average Bonchev–Trinajstić information content (AvgIpc) is 3.21. The maximum Gasteiger partial charge on any atom is 0.306 e. The van der Waals surface area contributed by atoms with E-state index in [1.165, 1.54) is 0 Å². The van der Waals surface area contributed by atoms with Gasteiger partial charge in [-0.05, 0) is 54.4 Å². The van der Waals surface area contributed by atoms with E-state index in [0.717, 1.165) is 0 Å². The highest BCUT2D eigenvalue weighted by Gasteiger charge is 2.75. The first-order chi connectivity index (χ1) is 15.6. The van der Waals surface area contributed by atoms with Crippen LogP contribution in [0.25, 0.3) is 0 Å². The SMILES string of the molecule is CC1(C2CC(=O)C3(C)C4=C(C(=O)C(O)C23C)C2(C)CCC(O)C(C)(C)C2CC4O)COC(=O)C1. The third kappa shape index (κ3) is 2.51. The van der Waals surface area contributed by atoms with Gasteiger partial charge >= 0.3 is 5.97 Å². The Morgan fingerprint density at radius 1 is 0.941 bits per heavy atom. The third-order valence-electron chi connectivity index (χ3n) is 11.4. The molecule has 0 aromatic rings. The fourth-order valence-electron chi connectivity index (χ4n) is 9.15. The van der Waals surface area contributed by atoms with Gasteiger partial charge in [0, 0.05) is 22.8 Å². The summed E-state index contributed by atoms with van der Waals surface area (Å²) in [5, 5.41) is 34.1. The minimum atomic E-state index is -1.43. The Labute approximate surface area is 200 Å². The van der Waals surface area contributed by atoms with Gasteiger partial charge in [-0.25, -0.2) is 0 Å². The van der Waals surface area contributed by atoms with Gasteiger partial charge in [0.15, 0.2) is 5.78 Å². The van der Waals surface area contributed by atoms with Gasteiger partial charge < -0.3 is 20.1 Å². The predicted molar refractivity (Wildman–Crippen MR) is 122 cm³/mol. The molecule has 0 bridgehead atoms. The van der Waals surface area contributed by atoms with Gasteiger partial charge in [-0.2, -0.15) is 0 Å². The Balaban J connectivity index is 1.73. The number of cyclic esters (lactones) is 1. The molecule has 0 aromatic heterocycles. The molecule has 34 heavy (non-hydrogen) atoms. The van der Waals surface area contributed by atoms with Crippen molar-refractivity contribution in [3.05, 3.63) is 11.1 Å². The Hall–Kier alpha value is -1.57. The molecule has 7 heteroatoms. The van der Waals surface area contributed by atoms with Gasteiger partial charge in [-0.15, -0.1) is 0 Å². The van der Waals surface area contributed by atoms with Crippen molar-refractivity contribution in [1.82, 2.24) is 0 Å². The van der Waals surface area contributed by atoms with E-state index in [0.29, 0.717) is 30.4 Å². The van der Waals surface area contributed by atoms with Crippen LogP contribution in [-0.2, 0) is 19.1 Å². The van der Waals surface area contributed by atoms with Crippen molar-refractivity contribution in [2.45, 2.75) is 92.0 Å². The zero-order chi connectivity index (χ0) is 25.2. The minimum Gasteiger partial charge on any atom is -0.465 e. The lowest BCUT2D eigenvalue weighted by molar-refractivity contribution is -0.162. The van der Waals surface area contributed by atoms with E-state index in [-0.39, 0.29) is 37.1 Å². The number of carbonyl (C=O) groups is 3. The standard InChI is InChI=1S/C27H38O7/c1-23(2)14-9-13(28)19-20(25(14,4)8-7-16(23)29)21(32)22(33)26(5)15(10-17(30)27(19,26)6)24(3)11-18(31)34-12-24/h13-16,22,28-29,33H,7-12H2,1-6H3. The smallest absolute Gasteiger partial charge is 0.306 e. The van der Waals surface area contributed by atoms with Gasteiger partial charge in [0.2, 0.25) is 0 Å². The van der Waals surface area contributed by atoms with Crippen molar-refractivity contribution >= 4 is 17.5 Å². The van der Waals surface area contributed by atoms with Crippen LogP contribution in [0.4, 0.5) is 0 Å². The van der Waals surface area contributed by atoms with Crippen LogP contribution in [0.1, 0.15) is 73.6 Å². The summed E-state index contributed by atoms with van der Waals surface area (Å²) in [7, 11) is 0. The summed E-state index contributed by atoms with van der Waals surface area (Å²) in [5.41, 5.74) is -3.40. The van der Waals surface area contributed by atoms with E-state index < -0.39 is 57.1 Å². The fraction of sp³-hybridized carbons (Fsp3) is 0.815. The molecule has 1 aliphatic heterocycles. The molecule has 4 aliphatic carbocycles. The summed E-state index contributed by atoms with van der Waals surface area (Å²) < 4.78 is 5.28. The summed E-state index contributed by atoms with van der Waals surface area (Å²) in [5.74, 6) is -1.47. The van der Waals surface area contributed by atoms with E-state index in [4.69, 9.17) is 4.74 Å². The van der Waals surface area contributed by atoms with E-state index in [2.05, 4.69) is 0 Å². The molecule has 0 spiro atoms. The van der Waals surface area contributed by atoms with Crippen molar-refractivity contribution in [1.29, 1.82) is 0 Å². The maximum atomic E-state index is 14.1. The number of ether oxygens (including phenoxy) is 1. The lowest BCUT2D eigenvalue weighted by Gasteiger charge is -2.62. The van der Waals surface area contributed by atoms with Gasteiger partial charge in [0.05, 0.1) is 30.7 Å². The summed E-state index contributed by atoms with van der Waals surface area (Å²) in [4.78, 5) is 40.0. The second-order valence-electron chi connectivity index (χ2n) is 13.2. The van der Waals surface area contributed by atoms with Crippen LogP contribution in [0.15, 0.2) is 11.1 Å². The summed E-state index contributed by atoms with van der Waals surface area (Å²) >= 11 is 0. The molecule has 5 rings (SSSR count). The third-order valence-corrected chi connectivity index (χ3v) is 11.4. The second-order valence-corrected chi connectivity index (χ2v) is 13.2. The molecule has 3 N–H and O–H groups in total. The van der Waals surface area contributed by atoms with E-state index >= 15 is 0 Å². The molecule has 1 saturated heterocycles. The van der Waals surface area contributed by atoms with Crippen molar-refractivity contribution in [3.8, 4) is 0 Å². The molecular formula is C27H38O7. The fourth-order valence-corrected chi connectivity index (χ4v) is 9.15. The molecule has 2 saturated carbocycles. The van der Waals surface area contributed by atoms with Crippen LogP contribution in [-0.4, -0.2) is 57.8 Å². The number of carbonyl (C=O) groups excluding carboxylic acids is 3. The molecule has 7 nitrogen and oxygen atoms in total. The molecule has 9 atom stereocenters. The molecule has 5 aliphatic rings. The van der Waals surface area contributed by atoms with Crippen molar-refractivity contribution in [2.24, 2.45) is 38.9 Å². The molecule has 188 valence electrons. The normalized spacial score (nSPS) is 52.3. The number of rotatable bonds is 1. The summed E-state index contributed by atoms with van der Waals surface area (Å²) in [6, 6.07) is 0. The van der Waals surface area contributed by atoms with Crippen molar-refractivity contribution in [2.75, 3.05) is 6.61 Å². The van der Waals surface area contributed by atoms with Gasteiger partial charge in [-0.3, -0.25) is 14.4 Å². The first-order valence-corrected chi connectivity index (χ1v) is 12.6. The topological polar surface area (TPSA) is 121 Å². The van der Waals surface area contributed by atoms with E-state index in [1.807, 2.05) is 27.7 Å². The first-order valence-electron chi connectivity index (χ1n) is 12.6. The minimum absolute atomic E-state index is 0.101. The zero-order valence-corrected chi connectivity index (χ0v) is 21.1. The van der Waals surface area contributed by atoms with Crippen molar-refractivity contribution < 1.29 is 34.4 Å². The summed E-state index contributed by atoms with van der Waals surface area (Å²) in [6.07, 6.45) is -1.33. The van der Waals surface area contributed by atoms with Crippen LogP contribution < -0.4 is 0 Å². The number of Topliss-reactive ketones (excluding diaryl/α,β-unsaturated/α-hetero) is 2. The zero-order valence-electron chi connectivity index (χ0n) is 21.1. The number of aliphatic hydroxyl groups excluding tert-OH is 3. The largest absolute Gasteiger partial charge is 0.465 e. The van der Waals surface area contributed by atoms with Gasteiger partial charge in [-0.1, -0.05) is 34.6 Å². The van der Waals surface area contributed by atoms with Crippen LogP contribution in [0.3, 0.4) is 0 Å². The molecule has 9 unspecified atom stereocenters. The van der Waals surface area contributed by atoms with E-state index in [1.54, 1.807) is 13.8 Å². The highest BCUT2D eigenvalue weighted by atomic mass is 16.5. The Kier molecular flexibility index (Phi) is 4.83. The average molecular weight is 475 g/mol. The van der Waals surface area contributed by atoms with Crippen molar-refractivity contribution in [3.63, 3.8) is 0 Å². The quantitative estimate of drug-likeness (QED) is 0.499. The molecule has 0 aromatic carbocycles. The number of esters is 1. The first kappa shape index (κ1) is 24.1. The van der Waals surface area contributed by atoms with Crippen LogP contribution >= 0.6 is 0 Å². The number of fused-ring (bicyclic) bond motifs is 4. The Morgan fingerprint density at radius 2 is 1.59 bits per heavy atom. The second kappa shape index (κ2) is 6.80. The number of aliphatic hydroxyl groups is 3. The van der Waals surface area contributed by atoms with E-state index in [9.17, 15) is 29.7 Å². The molecule has 3 fully saturated rings. The maximum absolute atomic E-state index is 14.1. The molecular weight excluding hydrogens is 436 g/mol. The molecule has 0 radical (unpaired) electrons. The predicted octanol–water partition coefficient (Wildman–Crippen LogP) is 2.35. The number of hydrogen-bond acceptors (Lipinski definition) is 7. The monoisotopic (exact) mass is 474 g/mol. The Morgan fingerprint density at radius 3 is 2.18 bits per heavy atom. The lowest BCUT2D eigenvalue weighted by atomic mass is 9.41. The number of hydrogen-bond donors (Lipinski definition) is 3. The molecule has 0 amide bonds. The van der Waals surface area contributed by atoms with Gasteiger partial charge in [0.1, 0.15) is 11.9 Å². The molecule has 1 heterocycles. The van der Waals surface area contributed by atoms with Crippen LogP contribution in [0.2, 0.25) is 0 Å². The van der Waals surface area contributed by atoms with Crippen LogP contribution in [0, 0.1) is 38.9 Å². The highest BCUT2D eigenvalue weighted by molar-refractivity contribution is 6.07.